The Kier molecular flexibility index (Phi) is 4.54. The third-order valence-corrected chi connectivity index (χ3v) is 4.52. The first-order chi connectivity index (χ1) is 11.8. The number of halogens is 4. The molecule has 2 unspecified atom stereocenters. The van der Waals surface area contributed by atoms with Gasteiger partial charge in [0.05, 0.1) is 5.56 Å². The Labute approximate surface area is 143 Å². The maximum Gasteiger partial charge on any atom is 0.416 e. The zero-order chi connectivity index (χ0) is 18.2. The number of amides is 1. The number of carbonyl (C=O) groups is 1. The number of nitrogens with zero attached hydrogens (tertiary/aromatic N) is 1. The van der Waals surface area contributed by atoms with Crippen molar-refractivity contribution in [3.05, 3.63) is 71.0 Å². The van der Waals surface area contributed by atoms with Crippen LogP contribution in [0.3, 0.4) is 0 Å². The first kappa shape index (κ1) is 17.5. The summed E-state index contributed by atoms with van der Waals surface area (Å²) in [7, 11) is 1.48. The van der Waals surface area contributed by atoms with Gasteiger partial charge < -0.3 is 4.90 Å². The molecule has 6 heteroatoms. The lowest BCUT2D eigenvalue weighted by Crippen LogP contribution is -2.29. The molecule has 0 radical (unpaired) electrons. The van der Waals surface area contributed by atoms with Crippen molar-refractivity contribution in [1.82, 2.24) is 4.90 Å². The molecule has 3 rings (SSSR count). The fourth-order valence-corrected chi connectivity index (χ4v) is 3.14. The van der Waals surface area contributed by atoms with E-state index in [2.05, 4.69) is 0 Å². The van der Waals surface area contributed by atoms with Gasteiger partial charge in [0.2, 0.25) is 5.91 Å². The lowest BCUT2D eigenvalue weighted by Gasteiger charge is -2.20. The number of benzene rings is 2. The quantitative estimate of drug-likeness (QED) is 0.737. The highest BCUT2D eigenvalue weighted by molar-refractivity contribution is 5.82. The highest BCUT2D eigenvalue weighted by Gasteiger charge is 2.46. The van der Waals surface area contributed by atoms with Gasteiger partial charge in [0, 0.05) is 19.5 Å². The van der Waals surface area contributed by atoms with E-state index in [0.717, 1.165) is 6.07 Å². The zero-order valence-electron chi connectivity index (χ0n) is 13.6. The van der Waals surface area contributed by atoms with Crippen LogP contribution >= 0.6 is 0 Å². The molecule has 2 atom stereocenters. The normalized spacial score (nSPS) is 19.6. The van der Waals surface area contributed by atoms with E-state index in [1.54, 1.807) is 18.2 Å². The first-order valence-electron chi connectivity index (χ1n) is 7.93. The topological polar surface area (TPSA) is 20.3 Å². The van der Waals surface area contributed by atoms with Crippen molar-refractivity contribution in [1.29, 1.82) is 0 Å². The summed E-state index contributed by atoms with van der Waals surface area (Å²) in [6.07, 6.45) is -3.94. The Hall–Kier alpha value is -2.37. The number of hydrogen-bond acceptors (Lipinski definition) is 1. The molecule has 1 aliphatic carbocycles. The molecule has 0 aromatic heterocycles. The molecular formula is C19H17F4NO. The minimum atomic E-state index is -4.46. The van der Waals surface area contributed by atoms with E-state index in [1.165, 1.54) is 36.2 Å². The molecule has 1 saturated carbocycles. The summed E-state index contributed by atoms with van der Waals surface area (Å²) < 4.78 is 53.0. The van der Waals surface area contributed by atoms with Crippen molar-refractivity contribution in [2.45, 2.75) is 25.1 Å². The van der Waals surface area contributed by atoms with E-state index in [-0.39, 0.29) is 35.7 Å². The van der Waals surface area contributed by atoms with Crippen LogP contribution in [0.25, 0.3) is 0 Å². The predicted molar refractivity (Wildman–Crippen MR) is 85.2 cm³/mol. The van der Waals surface area contributed by atoms with Gasteiger partial charge in [0.15, 0.2) is 0 Å². The summed E-state index contributed by atoms with van der Waals surface area (Å²) in [6.45, 7) is -0.130. The standard InChI is InChI=1S/C19H17F4NO/c1-24(11-12-6-2-4-8-16(12)19(21,22)23)18(25)15-10-14(15)13-7-3-5-9-17(13)20/h2-9,14-15H,10-11H2,1H3. The van der Waals surface area contributed by atoms with Gasteiger partial charge >= 0.3 is 6.18 Å². The molecular weight excluding hydrogens is 334 g/mol. The molecule has 2 nitrogen and oxygen atoms in total. The molecule has 0 bridgehead atoms. The fourth-order valence-electron chi connectivity index (χ4n) is 3.14. The van der Waals surface area contributed by atoms with Crippen LogP contribution < -0.4 is 0 Å². The summed E-state index contributed by atoms with van der Waals surface area (Å²) in [5.74, 6) is -1.19. The van der Waals surface area contributed by atoms with E-state index in [0.29, 0.717) is 12.0 Å². The van der Waals surface area contributed by atoms with Crippen LogP contribution in [0.2, 0.25) is 0 Å². The van der Waals surface area contributed by atoms with Gasteiger partial charge in [0.25, 0.3) is 0 Å². The smallest absolute Gasteiger partial charge is 0.341 e. The van der Waals surface area contributed by atoms with E-state index in [9.17, 15) is 22.4 Å². The van der Waals surface area contributed by atoms with Gasteiger partial charge in [-0.25, -0.2) is 4.39 Å². The minimum Gasteiger partial charge on any atom is -0.341 e. The van der Waals surface area contributed by atoms with E-state index in [4.69, 9.17) is 0 Å². The number of hydrogen-bond donors (Lipinski definition) is 0. The van der Waals surface area contributed by atoms with Gasteiger partial charge in [-0.2, -0.15) is 13.2 Å². The molecule has 1 aliphatic rings. The van der Waals surface area contributed by atoms with Gasteiger partial charge in [-0.1, -0.05) is 36.4 Å². The Bertz CT molecular complexity index is 787. The third kappa shape index (κ3) is 3.67. The second kappa shape index (κ2) is 6.50. The summed E-state index contributed by atoms with van der Waals surface area (Å²) in [5, 5.41) is 0. The van der Waals surface area contributed by atoms with Crippen molar-refractivity contribution >= 4 is 5.91 Å². The average Bonchev–Trinajstić information content (AvgIpc) is 3.34. The third-order valence-electron chi connectivity index (χ3n) is 4.52. The predicted octanol–water partition coefficient (Wildman–Crippen LogP) is 4.61. The lowest BCUT2D eigenvalue weighted by atomic mass is 10.1. The Balaban J connectivity index is 1.70. The van der Waals surface area contributed by atoms with E-state index < -0.39 is 11.7 Å². The van der Waals surface area contributed by atoms with Gasteiger partial charge in [-0.3, -0.25) is 4.79 Å². The van der Waals surface area contributed by atoms with Crippen LogP contribution in [0.5, 0.6) is 0 Å². The number of alkyl halides is 3. The molecule has 0 N–H and O–H groups in total. The summed E-state index contributed by atoms with van der Waals surface area (Å²) in [6, 6.07) is 11.5. The summed E-state index contributed by atoms with van der Waals surface area (Å²) >= 11 is 0. The molecule has 1 fully saturated rings. The van der Waals surface area contributed by atoms with Gasteiger partial charge in [0.1, 0.15) is 5.82 Å². The highest BCUT2D eigenvalue weighted by Crippen LogP contribution is 2.49. The van der Waals surface area contributed by atoms with Crippen LogP contribution in [-0.4, -0.2) is 17.9 Å². The maximum atomic E-state index is 13.8. The van der Waals surface area contributed by atoms with E-state index in [1.807, 2.05) is 0 Å². The van der Waals surface area contributed by atoms with Crippen LogP contribution in [0, 0.1) is 11.7 Å². The van der Waals surface area contributed by atoms with Crippen molar-refractivity contribution in [3.63, 3.8) is 0 Å². The molecule has 0 spiro atoms. The molecule has 0 heterocycles. The molecule has 2 aromatic rings. The monoisotopic (exact) mass is 351 g/mol. The van der Waals surface area contributed by atoms with Crippen LogP contribution in [0.4, 0.5) is 17.6 Å². The molecule has 0 saturated heterocycles. The van der Waals surface area contributed by atoms with Gasteiger partial charge in [-0.15, -0.1) is 0 Å². The first-order valence-corrected chi connectivity index (χ1v) is 7.93. The number of carbonyl (C=O) groups excluding carboxylic acids is 1. The lowest BCUT2D eigenvalue weighted by molar-refractivity contribution is -0.139. The Morgan fingerprint density at radius 2 is 1.76 bits per heavy atom. The van der Waals surface area contributed by atoms with Crippen molar-refractivity contribution < 1.29 is 22.4 Å². The largest absolute Gasteiger partial charge is 0.416 e. The van der Waals surface area contributed by atoms with Gasteiger partial charge in [-0.05, 0) is 35.6 Å². The average molecular weight is 351 g/mol. The molecule has 25 heavy (non-hydrogen) atoms. The Morgan fingerprint density at radius 1 is 1.12 bits per heavy atom. The Morgan fingerprint density at radius 3 is 2.44 bits per heavy atom. The van der Waals surface area contributed by atoms with Crippen molar-refractivity contribution in [2.75, 3.05) is 7.05 Å². The minimum absolute atomic E-state index is 0.0499. The maximum absolute atomic E-state index is 13.8. The second-order valence-corrected chi connectivity index (χ2v) is 6.32. The van der Waals surface area contributed by atoms with Crippen LogP contribution in [0.1, 0.15) is 29.0 Å². The molecule has 1 amide bonds. The SMILES string of the molecule is CN(Cc1ccccc1C(F)(F)F)C(=O)C1CC1c1ccccc1F. The molecule has 2 aromatic carbocycles. The summed E-state index contributed by atoms with van der Waals surface area (Å²) in [4.78, 5) is 13.8. The molecule has 132 valence electrons. The summed E-state index contributed by atoms with van der Waals surface area (Å²) in [5.41, 5.74) is -0.199. The highest BCUT2D eigenvalue weighted by atomic mass is 19.4. The molecule has 0 aliphatic heterocycles. The second-order valence-electron chi connectivity index (χ2n) is 6.32. The number of rotatable bonds is 4. The fraction of sp³-hybridized carbons (Fsp3) is 0.316. The van der Waals surface area contributed by atoms with Crippen LogP contribution in [-0.2, 0) is 17.5 Å². The zero-order valence-corrected chi connectivity index (χ0v) is 13.6. The van der Waals surface area contributed by atoms with Crippen molar-refractivity contribution in [2.24, 2.45) is 5.92 Å². The van der Waals surface area contributed by atoms with Crippen molar-refractivity contribution in [3.8, 4) is 0 Å². The van der Waals surface area contributed by atoms with Crippen LogP contribution in [0.15, 0.2) is 48.5 Å². The van der Waals surface area contributed by atoms with E-state index >= 15 is 0 Å².